The summed E-state index contributed by atoms with van der Waals surface area (Å²) < 4.78 is 38.1. The number of ether oxygens (including phenoxy) is 2. The van der Waals surface area contributed by atoms with Crippen molar-refractivity contribution in [3.8, 4) is 5.75 Å². The maximum Gasteiger partial charge on any atom is 0.243 e. The van der Waals surface area contributed by atoms with E-state index in [0.29, 0.717) is 51.4 Å². The molecule has 0 aromatic heterocycles. The SMILES string of the molecule is Cc1ccc(C)c(OCCCC(C)(C)C(=O)NC(=S)Nc2ccc(S(=O)(=O)N3CCOCC3)cc2)c1. The molecule has 0 unspecified atom stereocenters. The number of aryl methyl sites for hydroxylation is 2. The van der Waals surface area contributed by atoms with E-state index < -0.39 is 15.4 Å². The van der Waals surface area contributed by atoms with Crippen molar-refractivity contribution in [2.75, 3.05) is 38.2 Å². The minimum absolute atomic E-state index is 0.156. The van der Waals surface area contributed by atoms with Gasteiger partial charge in [-0.15, -0.1) is 0 Å². The average Bonchev–Trinajstić information content (AvgIpc) is 2.84. The fourth-order valence-corrected chi connectivity index (χ4v) is 5.37. The van der Waals surface area contributed by atoms with Crippen molar-refractivity contribution in [2.45, 2.75) is 45.4 Å². The molecule has 3 rings (SSSR count). The van der Waals surface area contributed by atoms with E-state index in [-0.39, 0.29) is 15.9 Å². The van der Waals surface area contributed by atoms with E-state index in [1.165, 1.54) is 16.4 Å². The van der Waals surface area contributed by atoms with Gasteiger partial charge in [-0.25, -0.2) is 8.42 Å². The van der Waals surface area contributed by atoms with E-state index in [9.17, 15) is 13.2 Å². The number of carbonyl (C=O) groups excluding carboxylic acids is 1. The van der Waals surface area contributed by atoms with Crippen molar-refractivity contribution < 1.29 is 22.7 Å². The molecule has 1 saturated heterocycles. The highest BCUT2D eigenvalue weighted by Gasteiger charge is 2.28. The van der Waals surface area contributed by atoms with Crippen molar-refractivity contribution >= 4 is 38.9 Å². The molecule has 196 valence electrons. The Morgan fingerprint density at radius 3 is 2.44 bits per heavy atom. The van der Waals surface area contributed by atoms with Crippen molar-refractivity contribution in [1.82, 2.24) is 9.62 Å². The molecule has 1 amide bonds. The quantitative estimate of drug-likeness (QED) is 0.371. The molecule has 0 spiro atoms. The van der Waals surface area contributed by atoms with Gasteiger partial charge in [-0.2, -0.15) is 4.31 Å². The Morgan fingerprint density at radius 2 is 1.78 bits per heavy atom. The molecule has 10 heteroatoms. The number of thiocarbonyl (C=S) groups is 1. The van der Waals surface area contributed by atoms with Crippen LogP contribution < -0.4 is 15.4 Å². The topological polar surface area (TPSA) is 97.0 Å². The van der Waals surface area contributed by atoms with E-state index in [1.54, 1.807) is 12.1 Å². The summed E-state index contributed by atoms with van der Waals surface area (Å²) in [5.41, 5.74) is 2.17. The second-order valence-corrected chi connectivity index (χ2v) is 11.9. The summed E-state index contributed by atoms with van der Waals surface area (Å²) in [7, 11) is -3.57. The number of nitrogens with one attached hydrogen (secondary N) is 2. The zero-order chi connectivity index (χ0) is 26.3. The number of hydrogen-bond donors (Lipinski definition) is 2. The van der Waals surface area contributed by atoms with Gasteiger partial charge in [0.25, 0.3) is 0 Å². The second kappa shape index (κ2) is 12.1. The van der Waals surface area contributed by atoms with Crippen LogP contribution in [0.2, 0.25) is 0 Å². The van der Waals surface area contributed by atoms with Crippen LogP contribution in [-0.4, -0.2) is 56.7 Å². The van der Waals surface area contributed by atoms with Crippen LogP contribution in [0.5, 0.6) is 5.75 Å². The van der Waals surface area contributed by atoms with Gasteiger partial charge in [0, 0.05) is 24.2 Å². The summed E-state index contributed by atoms with van der Waals surface area (Å²) in [5, 5.41) is 5.85. The van der Waals surface area contributed by atoms with E-state index >= 15 is 0 Å². The van der Waals surface area contributed by atoms with Gasteiger partial charge in [0.1, 0.15) is 5.75 Å². The van der Waals surface area contributed by atoms with Gasteiger partial charge in [0.15, 0.2) is 5.11 Å². The first kappa shape index (κ1) is 28.0. The van der Waals surface area contributed by atoms with Crippen LogP contribution in [0.15, 0.2) is 47.4 Å². The van der Waals surface area contributed by atoms with Gasteiger partial charge < -0.3 is 20.1 Å². The summed E-state index contributed by atoms with van der Waals surface area (Å²) >= 11 is 5.31. The molecule has 0 bridgehead atoms. The van der Waals surface area contributed by atoms with Crippen LogP contribution in [-0.2, 0) is 19.6 Å². The number of hydrogen-bond acceptors (Lipinski definition) is 6. The number of sulfonamides is 1. The lowest BCUT2D eigenvalue weighted by Crippen LogP contribution is -2.42. The minimum Gasteiger partial charge on any atom is -0.493 e. The van der Waals surface area contributed by atoms with Crippen LogP contribution in [0.1, 0.15) is 37.8 Å². The predicted octanol–water partition coefficient (Wildman–Crippen LogP) is 4.02. The number of anilines is 1. The molecule has 0 saturated carbocycles. The van der Waals surface area contributed by atoms with Gasteiger partial charge in [0.05, 0.1) is 24.7 Å². The molecule has 1 heterocycles. The molecule has 1 aliphatic rings. The molecule has 2 aromatic rings. The third-order valence-corrected chi connectivity index (χ3v) is 8.23. The van der Waals surface area contributed by atoms with Crippen molar-refractivity contribution in [3.05, 3.63) is 53.6 Å². The molecule has 2 aromatic carbocycles. The summed E-state index contributed by atoms with van der Waals surface area (Å²) in [5.74, 6) is 0.671. The summed E-state index contributed by atoms with van der Waals surface area (Å²) in [6.45, 7) is 9.75. The van der Waals surface area contributed by atoms with Crippen molar-refractivity contribution in [1.29, 1.82) is 0 Å². The van der Waals surface area contributed by atoms with Crippen molar-refractivity contribution in [3.63, 3.8) is 0 Å². The highest BCUT2D eigenvalue weighted by atomic mass is 32.2. The number of carbonyl (C=O) groups is 1. The monoisotopic (exact) mass is 533 g/mol. The molecule has 0 atom stereocenters. The summed E-state index contributed by atoms with van der Waals surface area (Å²) in [6.07, 6.45) is 1.34. The first-order chi connectivity index (χ1) is 17.0. The Hall–Kier alpha value is -2.53. The molecule has 0 radical (unpaired) electrons. The largest absolute Gasteiger partial charge is 0.493 e. The lowest BCUT2D eigenvalue weighted by atomic mass is 9.87. The van der Waals surface area contributed by atoms with Crippen LogP contribution in [0.4, 0.5) is 5.69 Å². The Kier molecular flexibility index (Phi) is 9.46. The van der Waals surface area contributed by atoms with Gasteiger partial charge in [-0.1, -0.05) is 26.0 Å². The Balaban J connectivity index is 1.47. The zero-order valence-electron chi connectivity index (χ0n) is 21.3. The fourth-order valence-electron chi connectivity index (χ4n) is 3.75. The molecule has 2 N–H and O–H groups in total. The molecular weight excluding hydrogens is 498 g/mol. The van der Waals surface area contributed by atoms with Gasteiger partial charge in [0.2, 0.25) is 15.9 Å². The van der Waals surface area contributed by atoms with E-state index in [0.717, 1.165) is 16.9 Å². The molecule has 36 heavy (non-hydrogen) atoms. The number of rotatable bonds is 9. The Morgan fingerprint density at radius 1 is 1.11 bits per heavy atom. The first-order valence-corrected chi connectivity index (χ1v) is 13.8. The third-order valence-electron chi connectivity index (χ3n) is 6.11. The van der Waals surface area contributed by atoms with Crippen molar-refractivity contribution in [2.24, 2.45) is 5.41 Å². The van der Waals surface area contributed by atoms with E-state index in [2.05, 4.69) is 10.6 Å². The Bertz CT molecular complexity index is 1170. The minimum atomic E-state index is -3.57. The number of benzene rings is 2. The standard InChI is InChI=1S/C26H35N3O5S2/c1-19-6-7-20(2)23(18-19)34-15-5-12-26(3,4)24(30)28-25(35)27-21-8-10-22(11-9-21)36(31,32)29-13-16-33-17-14-29/h6-11,18H,5,12-17H2,1-4H3,(H2,27,28,30,35). The second-order valence-electron chi connectivity index (χ2n) is 9.55. The van der Waals surface area contributed by atoms with E-state index in [4.69, 9.17) is 21.7 Å². The number of morpholine rings is 1. The number of amides is 1. The number of nitrogens with zero attached hydrogens (tertiary/aromatic N) is 1. The van der Waals surface area contributed by atoms with E-state index in [1.807, 2.05) is 45.9 Å². The zero-order valence-corrected chi connectivity index (χ0v) is 22.9. The molecule has 0 aliphatic carbocycles. The average molecular weight is 534 g/mol. The molecular formula is C26H35N3O5S2. The normalized spacial score (nSPS) is 14.8. The Labute approximate surface area is 219 Å². The van der Waals surface area contributed by atoms with Gasteiger partial charge in [-0.3, -0.25) is 4.79 Å². The van der Waals surface area contributed by atoms with Gasteiger partial charge in [-0.05, 0) is 80.4 Å². The van der Waals surface area contributed by atoms with Crippen LogP contribution in [0.3, 0.4) is 0 Å². The lowest BCUT2D eigenvalue weighted by molar-refractivity contribution is -0.128. The summed E-state index contributed by atoms with van der Waals surface area (Å²) in [6, 6.07) is 12.4. The molecule has 1 fully saturated rings. The maximum absolute atomic E-state index is 12.8. The molecule has 8 nitrogen and oxygen atoms in total. The van der Waals surface area contributed by atoms with Crippen LogP contribution >= 0.6 is 12.2 Å². The highest BCUT2D eigenvalue weighted by molar-refractivity contribution is 7.89. The summed E-state index contributed by atoms with van der Waals surface area (Å²) in [4.78, 5) is 13.0. The van der Waals surface area contributed by atoms with Crippen LogP contribution in [0, 0.1) is 19.3 Å². The van der Waals surface area contributed by atoms with Crippen LogP contribution in [0.25, 0.3) is 0 Å². The molecule has 1 aliphatic heterocycles. The third kappa shape index (κ3) is 7.49. The first-order valence-electron chi connectivity index (χ1n) is 12.0. The fraction of sp³-hybridized carbons (Fsp3) is 0.462. The lowest BCUT2D eigenvalue weighted by Gasteiger charge is -2.26. The predicted molar refractivity (Wildman–Crippen MR) is 145 cm³/mol. The highest BCUT2D eigenvalue weighted by Crippen LogP contribution is 2.25. The smallest absolute Gasteiger partial charge is 0.243 e. The van der Waals surface area contributed by atoms with Gasteiger partial charge >= 0.3 is 0 Å². The maximum atomic E-state index is 12.8.